The topological polar surface area (TPSA) is 55.1 Å². The molecule has 0 aliphatic carbocycles. The molecular weight excluding hydrogens is 200 g/mol. The van der Waals surface area contributed by atoms with E-state index in [1.54, 1.807) is 0 Å². The molecule has 0 saturated heterocycles. The van der Waals surface area contributed by atoms with Crippen LogP contribution in [0.2, 0.25) is 0 Å². The van der Waals surface area contributed by atoms with Crippen LogP contribution in [0.4, 0.5) is 0 Å². The highest BCUT2D eigenvalue weighted by Crippen LogP contribution is 2.10. The summed E-state index contributed by atoms with van der Waals surface area (Å²) in [6.45, 7) is 6.60. The van der Waals surface area contributed by atoms with Gasteiger partial charge in [-0.15, -0.1) is 0 Å². The van der Waals surface area contributed by atoms with E-state index in [2.05, 4.69) is 11.9 Å². The first-order valence-corrected chi connectivity index (χ1v) is 5.34. The van der Waals surface area contributed by atoms with E-state index in [-0.39, 0.29) is 11.9 Å². The monoisotopic (exact) mass is 218 g/mol. The Hall–Kier alpha value is -1.61. The minimum Gasteiger partial charge on any atom is -0.370 e. The molecule has 0 saturated carbocycles. The largest absolute Gasteiger partial charge is 0.370 e. The van der Waals surface area contributed by atoms with Gasteiger partial charge in [-0.05, 0) is 18.1 Å². The maximum atomic E-state index is 10.7. The van der Waals surface area contributed by atoms with Crippen molar-refractivity contribution in [2.75, 3.05) is 6.54 Å². The molecular formula is C13H18N2O. The number of nitrogens with one attached hydrogen (secondary N) is 1. The summed E-state index contributed by atoms with van der Waals surface area (Å²) in [6.07, 6.45) is 0.349. The van der Waals surface area contributed by atoms with Crippen LogP contribution in [0.3, 0.4) is 0 Å². The van der Waals surface area contributed by atoms with Gasteiger partial charge in [0.15, 0.2) is 0 Å². The maximum Gasteiger partial charge on any atom is 0.218 e. The van der Waals surface area contributed by atoms with Crippen molar-refractivity contribution in [3.8, 4) is 0 Å². The van der Waals surface area contributed by atoms with Crippen molar-refractivity contribution >= 4 is 11.5 Å². The van der Waals surface area contributed by atoms with Gasteiger partial charge >= 0.3 is 0 Å². The van der Waals surface area contributed by atoms with Crippen molar-refractivity contribution in [2.45, 2.75) is 19.4 Å². The minimum absolute atomic E-state index is 0.0814. The van der Waals surface area contributed by atoms with Crippen molar-refractivity contribution in [2.24, 2.45) is 5.73 Å². The summed E-state index contributed by atoms with van der Waals surface area (Å²) in [6, 6.07) is 10.0. The van der Waals surface area contributed by atoms with Crippen LogP contribution in [0.5, 0.6) is 0 Å². The Kier molecular flexibility index (Phi) is 4.73. The van der Waals surface area contributed by atoms with Crippen LogP contribution >= 0.6 is 0 Å². The van der Waals surface area contributed by atoms with E-state index < -0.39 is 0 Å². The summed E-state index contributed by atoms with van der Waals surface area (Å²) in [5.41, 5.74) is 7.23. The van der Waals surface area contributed by atoms with E-state index in [1.165, 1.54) is 0 Å². The van der Waals surface area contributed by atoms with Crippen molar-refractivity contribution in [3.05, 3.63) is 42.5 Å². The quantitative estimate of drug-likeness (QED) is 0.761. The van der Waals surface area contributed by atoms with Gasteiger partial charge in [-0.2, -0.15) is 0 Å². The third kappa shape index (κ3) is 4.28. The zero-order valence-corrected chi connectivity index (χ0v) is 9.57. The highest BCUT2D eigenvalue weighted by atomic mass is 16.1. The standard InChI is InChI=1S/C13H18N2O/c1-10(12-6-4-3-5-7-12)9-15-11(2)8-13(14)16/h3-7,11,15H,1,8-9H2,2H3,(H2,14,16). The van der Waals surface area contributed by atoms with Crippen molar-refractivity contribution in [3.63, 3.8) is 0 Å². The van der Waals surface area contributed by atoms with Crippen LogP contribution in [-0.4, -0.2) is 18.5 Å². The third-order valence-corrected chi connectivity index (χ3v) is 2.35. The number of carbonyl (C=O) groups excluding carboxylic acids is 1. The minimum atomic E-state index is -0.287. The van der Waals surface area contributed by atoms with Crippen LogP contribution in [-0.2, 0) is 4.79 Å². The Balaban J connectivity index is 2.39. The molecule has 0 spiro atoms. The lowest BCUT2D eigenvalue weighted by Gasteiger charge is -2.13. The molecule has 1 unspecified atom stereocenters. The Labute approximate surface area is 96.3 Å². The van der Waals surface area contributed by atoms with Crippen LogP contribution in [0.15, 0.2) is 36.9 Å². The Morgan fingerprint density at radius 1 is 1.44 bits per heavy atom. The molecule has 0 heterocycles. The van der Waals surface area contributed by atoms with Crippen LogP contribution in [0, 0.1) is 0 Å². The molecule has 3 nitrogen and oxygen atoms in total. The summed E-state index contributed by atoms with van der Waals surface area (Å²) in [7, 11) is 0. The molecule has 1 aromatic rings. The second-order valence-electron chi connectivity index (χ2n) is 3.92. The van der Waals surface area contributed by atoms with Gasteiger partial charge < -0.3 is 11.1 Å². The fourth-order valence-corrected chi connectivity index (χ4v) is 1.45. The Bertz CT molecular complexity index is 359. The number of carbonyl (C=O) groups is 1. The summed E-state index contributed by atoms with van der Waals surface area (Å²) in [4.78, 5) is 10.7. The first-order chi connectivity index (χ1) is 7.59. The van der Waals surface area contributed by atoms with E-state index >= 15 is 0 Å². The fourth-order valence-electron chi connectivity index (χ4n) is 1.45. The van der Waals surface area contributed by atoms with Crippen LogP contribution in [0.25, 0.3) is 5.57 Å². The lowest BCUT2D eigenvalue weighted by atomic mass is 10.1. The molecule has 86 valence electrons. The van der Waals surface area contributed by atoms with Gasteiger partial charge in [0, 0.05) is 19.0 Å². The van der Waals surface area contributed by atoms with Crippen LogP contribution in [0.1, 0.15) is 18.9 Å². The highest BCUT2D eigenvalue weighted by Gasteiger charge is 2.05. The molecule has 0 aliphatic rings. The fraction of sp³-hybridized carbons (Fsp3) is 0.308. The molecule has 0 radical (unpaired) electrons. The second kappa shape index (κ2) is 6.08. The number of nitrogens with two attached hydrogens (primary N) is 1. The van der Waals surface area contributed by atoms with Gasteiger partial charge in [-0.25, -0.2) is 0 Å². The van der Waals surface area contributed by atoms with E-state index in [4.69, 9.17) is 5.73 Å². The Morgan fingerprint density at radius 2 is 2.06 bits per heavy atom. The summed E-state index contributed by atoms with van der Waals surface area (Å²) in [5, 5.41) is 3.21. The maximum absolute atomic E-state index is 10.7. The SMILES string of the molecule is C=C(CNC(C)CC(N)=O)c1ccccc1. The summed E-state index contributed by atoms with van der Waals surface area (Å²) >= 11 is 0. The number of hydrogen-bond acceptors (Lipinski definition) is 2. The molecule has 1 amide bonds. The molecule has 0 aliphatic heterocycles. The zero-order valence-electron chi connectivity index (χ0n) is 9.57. The van der Waals surface area contributed by atoms with Gasteiger partial charge in [0.1, 0.15) is 0 Å². The molecule has 0 bridgehead atoms. The first kappa shape index (κ1) is 12.5. The number of hydrogen-bond donors (Lipinski definition) is 2. The molecule has 1 atom stereocenters. The van der Waals surface area contributed by atoms with Gasteiger partial charge in [0.2, 0.25) is 5.91 Å². The summed E-state index contributed by atoms with van der Waals surface area (Å²) in [5.74, 6) is -0.287. The number of rotatable bonds is 6. The van der Waals surface area contributed by atoms with Crippen LogP contribution < -0.4 is 11.1 Å². The number of primary amides is 1. The third-order valence-electron chi connectivity index (χ3n) is 2.35. The molecule has 0 fully saturated rings. The molecule has 16 heavy (non-hydrogen) atoms. The molecule has 3 N–H and O–H groups in total. The normalized spacial score (nSPS) is 12.1. The first-order valence-electron chi connectivity index (χ1n) is 5.34. The zero-order chi connectivity index (χ0) is 12.0. The molecule has 3 heteroatoms. The van der Waals surface area contributed by atoms with E-state index in [0.717, 1.165) is 11.1 Å². The van der Waals surface area contributed by atoms with Gasteiger partial charge in [0.25, 0.3) is 0 Å². The van der Waals surface area contributed by atoms with E-state index in [9.17, 15) is 4.79 Å². The van der Waals surface area contributed by atoms with Crippen molar-refractivity contribution in [1.82, 2.24) is 5.32 Å². The average molecular weight is 218 g/mol. The number of amides is 1. The van der Waals surface area contributed by atoms with E-state index in [0.29, 0.717) is 13.0 Å². The summed E-state index contributed by atoms with van der Waals surface area (Å²) < 4.78 is 0. The predicted octanol–water partition coefficient (Wildman–Crippen LogP) is 1.55. The molecule has 1 rings (SSSR count). The van der Waals surface area contributed by atoms with E-state index in [1.807, 2.05) is 37.3 Å². The molecule has 1 aromatic carbocycles. The second-order valence-corrected chi connectivity index (χ2v) is 3.92. The van der Waals surface area contributed by atoms with Gasteiger partial charge in [-0.3, -0.25) is 4.79 Å². The lowest BCUT2D eigenvalue weighted by Crippen LogP contribution is -2.31. The Morgan fingerprint density at radius 3 is 2.62 bits per heavy atom. The molecule has 0 aromatic heterocycles. The smallest absolute Gasteiger partial charge is 0.218 e. The van der Waals surface area contributed by atoms with Gasteiger partial charge in [-0.1, -0.05) is 36.9 Å². The average Bonchev–Trinajstić information content (AvgIpc) is 2.26. The van der Waals surface area contributed by atoms with Crippen molar-refractivity contribution < 1.29 is 4.79 Å². The lowest BCUT2D eigenvalue weighted by molar-refractivity contribution is -0.118. The predicted molar refractivity (Wildman–Crippen MR) is 66.8 cm³/mol. The van der Waals surface area contributed by atoms with Gasteiger partial charge in [0.05, 0.1) is 0 Å². The number of benzene rings is 1. The highest BCUT2D eigenvalue weighted by molar-refractivity contribution is 5.74. The van der Waals surface area contributed by atoms with Crippen molar-refractivity contribution in [1.29, 1.82) is 0 Å².